The highest BCUT2D eigenvalue weighted by atomic mass is 16.3. The van der Waals surface area contributed by atoms with Crippen molar-refractivity contribution in [2.45, 2.75) is 76.8 Å². The topological polar surface area (TPSA) is 61.4 Å². The van der Waals surface area contributed by atoms with Crippen LogP contribution < -0.4 is 10.6 Å². The van der Waals surface area contributed by atoms with Crippen LogP contribution in [-0.4, -0.2) is 35.7 Å². The molecular formula is C15H30N2O2. The van der Waals surface area contributed by atoms with Crippen LogP contribution in [0, 0.1) is 0 Å². The van der Waals surface area contributed by atoms with Gasteiger partial charge in [-0.15, -0.1) is 0 Å². The van der Waals surface area contributed by atoms with Crippen molar-refractivity contribution in [3.05, 3.63) is 0 Å². The lowest BCUT2D eigenvalue weighted by molar-refractivity contribution is -0.121. The van der Waals surface area contributed by atoms with Crippen LogP contribution in [0.15, 0.2) is 0 Å². The first-order valence-electron chi connectivity index (χ1n) is 7.81. The number of hydrogen-bond donors (Lipinski definition) is 3. The summed E-state index contributed by atoms with van der Waals surface area (Å²) >= 11 is 0. The smallest absolute Gasteiger partial charge is 0.234 e. The van der Waals surface area contributed by atoms with Gasteiger partial charge in [0.2, 0.25) is 5.91 Å². The van der Waals surface area contributed by atoms with Crippen molar-refractivity contribution in [1.82, 2.24) is 10.6 Å². The second kappa shape index (κ2) is 8.54. The highest BCUT2D eigenvalue weighted by Gasteiger charge is 2.25. The van der Waals surface area contributed by atoms with Crippen LogP contribution in [0.2, 0.25) is 0 Å². The van der Waals surface area contributed by atoms with Gasteiger partial charge in [-0.1, -0.05) is 39.5 Å². The molecule has 0 aromatic carbocycles. The fraction of sp³-hybridized carbons (Fsp3) is 0.933. The molecule has 0 aliphatic heterocycles. The van der Waals surface area contributed by atoms with E-state index in [1.54, 1.807) is 0 Å². The van der Waals surface area contributed by atoms with E-state index < -0.39 is 0 Å². The van der Waals surface area contributed by atoms with Crippen LogP contribution in [0.4, 0.5) is 0 Å². The number of aliphatic hydroxyl groups is 1. The zero-order chi connectivity index (χ0) is 14.1. The number of carbonyl (C=O) groups is 1. The summed E-state index contributed by atoms with van der Waals surface area (Å²) in [5.74, 6) is 0.0617. The van der Waals surface area contributed by atoms with Crippen molar-refractivity contribution in [2.75, 3.05) is 13.2 Å². The largest absolute Gasteiger partial charge is 0.394 e. The lowest BCUT2D eigenvalue weighted by atomic mass is 9.94. The third-order valence-corrected chi connectivity index (χ3v) is 4.50. The van der Waals surface area contributed by atoms with Crippen LogP contribution >= 0.6 is 0 Å². The quantitative estimate of drug-likeness (QED) is 0.620. The number of carbonyl (C=O) groups excluding carboxylic acids is 1. The van der Waals surface area contributed by atoms with Gasteiger partial charge in [-0.05, 0) is 25.7 Å². The van der Waals surface area contributed by atoms with E-state index in [1.807, 2.05) is 13.8 Å². The molecule has 0 spiro atoms. The maximum Gasteiger partial charge on any atom is 0.234 e. The predicted molar refractivity (Wildman–Crippen MR) is 78.0 cm³/mol. The van der Waals surface area contributed by atoms with E-state index in [1.165, 1.54) is 25.7 Å². The van der Waals surface area contributed by atoms with Gasteiger partial charge in [0.15, 0.2) is 0 Å². The Morgan fingerprint density at radius 3 is 2.21 bits per heavy atom. The average Bonchev–Trinajstić information content (AvgIpc) is 2.70. The molecule has 0 saturated heterocycles. The van der Waals surface area contributed by atoms with Gasteiger partial charge in [-0.3, -0.25) is 4.79 Å². The van der Waals surface area contributed by atoms with Crippen molar-refractivity contribution in [3.63, 3.8) is 0 Å². The monoisotopic (exact) mass is 270 g/mol. The van der Waals surface area contributed by atoms with E-state index in [4.69, 9.17) is 0 Å². The molecular weight excluding hydrogens is 240 g/mol. The summed E-state index contributed by atoms with van der Waals surface area (Å²) in [4.78, 5) is 12.0. The van der Waals surface area contributed by atoms with Crippen molar-refractivity contribution in [1.29, 1.82) is 0 Å². The summed E-state index contributed by atoms with van der Waals surface area (Å²) in [5.41, 5.74) is -0.305. The minimum absolute atomic E-state index is 0.0617. The van der Waals surface area contributed by atoms with Gasteiger partial charge < -0.3 is 15.7 Å². The van der Waals surface area contributed by atoms with E-state index in [0.717, 1.165) is 25.7 Å². The van der Waals surface area contributed by atoms with Crippen molar-refractivity contribution >= 4 is 5.91 Å². The molecule has 4 heteroatoms. The Bertz CT molecular complexity index is 249. The maximum absolute atomic E-state index is 12.0. The van der Waals surface area contributed by atoms with Crippen molar-refractivity contribution in [3.8, 4) is 0 Å². The lowest BCUT2D eigenvalue weighted by Gasteiger charge is -2.31. The van der Waals surface area contributed by atoms with Gasteiger partial charge in [0, 0.05) is 11.6 Å². The zero-order valence-electron chi connectivity index (χ0n) is 12.5. The molecule has 1 amide bonds. The van der Waals surface area contributed by atoms with Gasteiger partial charge in [-0.2, -0.15) is 0 Å². The molecule has 4 nitrogen and oxygen atoms in total. The minimum atomic E-state index is -0.305. The number of hydrogen-bond acceptors (Lipinski definition) is 3. The fourth-order valence-corrected chi connectivity index (χ4v) is 2.75. The molecule has 0 unspecified atom stereocenters. The standard InChI is InChI=1S/C15H30N2O2/c1-3-15(4-2,12-18)16-11-14(19)17-13-9-7-5-6-8-10-13/h13,16,18H,3-12H2,1-2H3,(H,17,19). The molecule has 1 rings (SSSR count). The summed E-state index contributed by atoms with van der Waals surface area (Å²) in [6.07, 6.45) is 8.92. The van der Waals surface area contributed by atoms with Gasteiger partial charge >= 0.3 is 0 Å². The zero-order valence-corrected chi connectivity index (χ0v) is 12.5. The van der Waals surface area contributed by atoms with Crippen LogP contribution in [0.1, 0.15) is 65.2 Å². The van der Waals surface area contributed by atoms with E-state index in [-0.39, 0.29) is 18.1 Å². The summed E-state index contributed by atoms with van der Waals surface area (Å²) < 4.78 is 0. The first kappa shape index (κ1) is 16.4. The van der Waals surface area contributed by atoms with Gasteiger partial charge in [0.25, 0.3) is 0 Å². The highest BCUT2D eigenvalue weighted by Crippen LogP contribution is 2.17. The predicted octanol–water partition coefficient (Wildman–Crippen LogP) is 1.97. The normalized spacial score (nSPS) is 18.1. The summed E-state index contributed by atoms with van der Waals surface area (Å²) in [7, 11) is 0. The molecule has 112 valence electrons. The first-order chi connectivity index (χ1) is 9.15. The van der Waals surface area contributed by atoms with Gasteiger partial charge in [-0.25, -0.2) is 0 Å². The molecule has 0 bridgehead atoms. The van der Waals surface area contributed by atoms with E-state index >= 15 is 0 Å². The van der Waals surface area contributed by atoms with Crippen molar-refractivity contribution < 1.29 is 9.90 Å². The fourth-order valence-electron chi connectivity index (χ4n) is 2.75. The second-order valence-corrected chi connectivity index (χ2v) is 5.76. The third kappa shape index (κ3) is 5.49. The molecule has 1 aliphatic rings. The molecule has 1 aliphatic carbocycles. The molecule has 19 heavy (non-hydrogen) atoms. The molecule has 1 fully saturated rings. The van der Waals surface area contributed by atoms with Crippen LogP contribution in [0.25, 0.3) is 0 Å². The number of aliphatic hydroxyl groups excluding tert-OH is 1. The Morgan fingerprint density at radius 2 is 1.74 bits per heavy atom. The molecule has 0 radical (unpaired) electrons. The van der Waals surface area contributed by atoms with Crippen LogP contribution in [0.3, 0.4) is 0 Å². The Balaban J connectivity index is 2.33. The third-order valence-electron chi connectivity index (χ3n) is 4.50. The number of nitrogens with one attached hydrogen (secondary N) is 2. The average molecular weight is 270 g/mol. The highest BCUT2D eigenvalue weighted by molar-refractivity contribution is 5.78. The lowest BCUT2D eigenvalue weighted by Crippen LogP contribution is -2.52. The Labute approximate surface area is 117 Å². The minimum Gasteiger partial charge on any atom is -0.394 e. The van der Waals surface area contributed by atoms with Gasteiger partial charge in [0.1, 0.15) is 0 Å². The Hall–Kier alpha value is -0.610. The van der Waals surface area contributed by atoms with Crippen LogP contribution in [-0.2, 0) is 4.79 Å². The van der Waals surface area contributed by atoms with E-state index in [0.29, 0.717) is 12.6 Å². The van der Waals surface area contributed by atoms with Crippen molar-refractivity contribution in [2.24, 2.45) is 0 Å². The molecule has 0 heterocycles. The maximum atomic E-state index is 12.0. The summed E-state index contributed by atoms with van der Waals surface area (Å²) in [6, 6.07) is 0.351. The Kier molecular flexibility index (Phi) is 7.39. The Morgan fingerprint density at radius 1 is 1.16 bits per heavy atom. The molecule has 3 N–H and O–H groups in total. The van der Waals surface area contributed by atoms with Crippen LogP contribution in [0.5, 0.6) is 0 Å². The molecule has 0 atom stereocenters. The first-order valence-corrected chi connectivity index (χ1v) is 7.81. The second-order valence-electron chi connectivity index (χ2n) is 5.76. The molecule has 0 aromatic rings. The van der Waals surface area contributed by atoms with Gasteiger partial charge in [0.05, 0.1) is 13.2 Å². The SMILES string of the molecule is CCC(CC)(CO)NCC(=O)NC1CCCCCC1. The van der Waals surface area contributed by atoms with E-state index in [2.05, 4.69) is 10.6 Å². The molecule has 1 saturated carbocycles. The van der Waals surface area contributed by atoms with E-state index in [9.17, 15) is 9.90 Å². The molecule has 0 aromatic heterocycles. The summed E-state index contributed by atoms with van der Waals surface area (Å²) in [5, 5.41) is 15.8. The number of amides is 1. The number of rotatable bonds is 7. The summed E-state index contributed by atoms with van der Waals surface area (Å²) in [6.45, 7) is 4.46.